The molecule has 2 heterocycles. The molecule has 1 amide bonds. The Morgan fingerprint density at radius 3 is 3.00 bits per heavy atom. The second-order valence-corrected chi connectivity index (χ2v) is 5.97. The van der Waals surface area contributed by atoms with Crippen molar-refractivity contribution >= 4 is 34.6 Å². The van der Waals surface area contributed by atoms with Crippen LogP contribution < -0.4 is 10.2 Å². The zero-order valence-corrected chi connectivity index (χ0v) is 14.6. The Labute approximate surface area is 150 Å². The number of hydrazone groups is 1. The minimum Gasteiger partial charge on any atom is -0.497 e. The number of benzene rings is 1. The Balaban J connectivity index is 1.64. The zero-order chi connectivity index (χ0) is 17.6. The van der Waals surface area contributed by atoms with Gasteiger partial charge in [0, 0.05) is 30.1 Å². The summed E-state index contributed by atoms with van der Waals surface area (Å²) < 4.78 is 10.4. The summed E-state index contributed by atoms with van der Waals surface area (Å²) in [5, 5.41) is 5.20. The maximum Gasteiger partial charge on any atom is 0.254 e. The molecule has 0 bridgehead atoms. The van der Waals surface area contributed by atoms with Crippen LogP contribution in [0.3, 0.4) is 0 Å². The first-order valence-corrected chi connectivity index (χ1v) is 8.30. The largest absolute Gasteiger partial charge is 0.497 e. The SMILES string of the molecule is COc1ccc2cc(/C=N\NC(=O)CN3CCOCC3)c(Cl)nc2c1. The third-order valence-electron chi connectivity index (χ3n) is 3.87. The van der Waals surface area contributed by atoms with Crippen LogP contribution in [0.5, 0.6) is 5.75 Å². The highest BCUT2D eigenvalue weighted by Gasteiger charge is 2.13. The average molecular weight is 363 g/mol. The number of pyridine rings is 1. The monoisotopic (exact) mass is 362 g/mol. The van der Waals surface area contributed by atoms with E-state index in [1.165, 1.54) is 6.21 Å². The average Bonchev–Trinajstić information content (AvgIpc) is 2.62. The van der Waals surface area contributed by atoms with Crippen LogP contribution in [0.4, 0.5) is 0 Å². The van der Waals surface area contributed by atoms with Crippen LogP contribution in [0.25, 0.3) is 10.9 Å². The Bertz CT molecular complexity index is 791. The molecular weight excluding hydrogens is 344 g/mol. The number of amides is 1. The first-order chi connectivity index (χ1) is 12.2. The molecule has 1 saturated heterocycles. The van der Waals surface area contributed by atoms with Crippen LogP contribution in [0.2, 0.25) is 5.15 Å². The molecule has 0 unspecified atom stereocenters. The van der Waals surface area contributed by atoms with Crippen molar-refractivity contribution in [2.24, 2.45) is 5.10 Å². The van der Waals surface area contributed by atoms with Gasteiger partial charge in [0.1, 0.15) is 10.9 Å². The van der Waals surface area contributed by atoms with Crippen molar-refractivity contribution in [3.8, 4) is 5.75 Å². The number of methoxy groups -OCH3 is 1. The summed E-state index contributed by atoms with van der Waals surface area (Å²) >= 11 is 6.19. The highest BCUT2D eigenvalue weighted by Crippen LogP contribution is 2.23. The Hall–Kier alpha value is -2.22. The number of carbonyl (C=O) groups is 1. The molecule has 0 aliphatic carbocycles. The molecule has 1 N–H and O–H groups in total. The highest BCUT2D eigenvalue weighted by molar-refractivity contribution is 6.32. The zero-order valence-electron chi connectivity index (χ0n) is 13.9. The van der Waals surface area contributed by atoms with Gasteiger partial charge in [-0.15, -0.1) is 0 Å². The van der Waals surface area contributed by atoms with E-state index >= 15 is 0 Å². The number of morpholine rings is 1. The molecule has 1 aliphatic heterocycles. The van der Waals surface area contributed by atoms with Gasteiger partial charge in [0.25, 0.3) is 5.91 Å². The molecule has 132 valence electrons. The third-order valence-corrected chi connectivity index (χ3v) is 4.17. The Morgan fingerprint density at radius 1 is 1.44 bits per heavy atom. The molecule has 7 nitrogen and oxygen atoms in total. The summed E-state index contributed by atoms with van der Waals surface area (Å²) in [7, 11) is 1.60. The van der Waals surface area contributed by atoms with Crippen molar-refractivity contribution < 1.29 is 14.3 Å². The molecule has 2 aromatic rings. The van der Waals surface area contributed by atoms with E-state index in [0.717, 1.165) is 24.0 Å². The first-order valence-electron chi connectivity index (χ1n) is 7.92. The predicted octanol–water partition coefficient (Wildman–Crippen LogP) is 1.68. The molecule has 1 aliphatic rings. The minimum absolute atomic E-state index is 0.173. The standard InChI is InChI=1S/C17H19ClN4O3/c1-24-14-3-2-12-8-13(17(18)20-15(12)9-14)10-19-21-16(23)11-22-4-6-25-7-5-22/h2-3,8-10H,4-7,11H2,1H3,(H,21,23)/b19-10-. The fourth-order valence-electron chi connectivity index (χ4n) is 2.53. The van der Waals surface area contributed by atoms with Gasteiger partial charge in [-0.05, 0) is 18.2 Å². The second-order valence-electron chi connectivity index (χ2n) is 5.61. The molecule has 3 rings (SSSR count). The van der Waals surface area contributed by atoms with Crippen molar-refractivity contribution in [3.63, 3.8) is 0 Å². The maximum absolute atomic E-state index is 11.9. The van der Waals surface area contributed by atoms with Gasteiger partial charge >= 0.3 is 0 Å². The first kappa shape index (κ1) is 17.6. The molecule has 1 aromatic heterocycles. The predicted molar refractivity (Wildman–Crippen MR) is 96.3 cm³/mol. The van der Waals surface area contributed by atoms with E-state index in [1.54, 1.807) is 7.11 Å². The van der Waals surface area contributed by atoms with E-state index < -0.39 is 0 Å². The van der Waals surface area contributed by atoms with Crippen molar-refractivity contribution in [2.45, 2.75) is 0 Å². The van der Waals surface area contributed by atoms with E-state index in [-0.39, 0.29) is 5.91 Å². The van der Waals surface area contributed by atoms with Gasteiger partial charge in [0.15, 0.2) is 0 Å². The summed E-state index contributed by atoms with van der Waals surface area (Å²) in [6.07, 6.45) is 1.50. The fourth-order valence-corrected chi connectivity index (χ4v) is 2.72. The lowest BCUT2D eigenvalue weighted by Crippen LogP contribution is -2.42. The van der Waals surface area contributed by atoms with Gasteiger partial charge in [-0.25, -0.2) is 10.4 Å². The number of rotatable bonds is 5. The van der Waals surface area contributed by atoms with Crippen LogP contribution in [0, 0.1) is 0 Å². The number of nitrogens with zero attached hydrogens (tertiary/aromatic N) is 3. The van der Waals surface area contributed by atoms with Gasteiger partial charge in [0.2, 0.25) is 0 Å². The summed E-state index contributed by atoms with van der Waals surface area (Å²) in [6, 6.07) is 7.42. The topological polar surface area (TPSA) is 76.0 Å². The maximum atomic E-state index is 11.9. The summed E-state index contributed by atoms with van der Waals surface area (Å²) in [5.41, 5.74) is 3.88. The van der Waals surface area contributed by atoms with Gasteiger partial charge < -0.3 is 9.47 Å². The van der Waals surface area contributed by atoms with Gasteiger partial charge in [0.05, 0.1) is 38.6 Å². The second kappa shape index (κ2) is 8.24. The van der Waals surface area contributed by atoms with Crippen LogP contribution in [-0.2, 0) is 9.53 Å². The summed E-state index contributed by atoms with van der Waals surface area (Å²) in [4.78, 5) is 18.3. The molecule has 0 atom stereocenters. The van der Waals surface area contributed by atoms with Gasteiger partial charge in [-0.1, -0.05) is 11.6 Å². The lowest BCUT2D eigenvalue weighted by Gasteiger charge is -2.25. The lowest BCUT2D eigenvalue weighted by atomic mass is 10.1. The molecule has 8 heteroatoms. The molecule has 25 heavy (non-hydrogen) atoms. The minimum atomic E-state index is -0.173. The summed E-state index contributed by atoms with van der Waals surface area (Å²) in [5.74, 6) is 0.542. The smallest absolute Gasteiger partial charge is 0.254 e. The van der Waals surface area contributed by atoms with Gasteiger partial charge in [-0.3, -0.25) is 9.69 Å². The van der Waals surface area contributed by atoms with Crippen molar-refractivity contribution in [3.05, 3.63) is 35.0 Å². The van der Waals surface area contributed by atoms with Crippen LogP contribution >= 0.6 is 11.6 Å². The number of fused-ring (bicyclic) bond motifs is 1. The number of hydrogen-bond acceptors (Lipinski definition) is 6. The quantitative estimate of drug-likeness (QED) is 0.497. The van der Waals surface area contributed by atoms with E-state index in [9.17, 15) is 4.79 Å². The van der Waals surface area contributed by atoms with E-state index in [4.69, 9.17) is 21.1 Å². The van der Waals surface area contributed by atoms with E-state index in [1.807, 2.05) is 29.2 Å². The summed E-state index contributed by atoms with van der Waals surface area (Å²) in [6.45, 7) is 3.10. The molecular formula is C17H19ClN4O3. The van der Waals surface area contributed by atoms with Gasteiger partial charge in [-0.2, -0.15) is 5.10 Å². The number of ether oxygens (including phenoxy) is 2. The normalized spacial score (nSPS) is 15.6. The molecule has 1 aromatic carbocycles. The van der Waals surface area contributed by atoms with Crippen molar-refractivity contribution in [1.82, 2.24) is 15.3 Å². The third kappa shape index (κ3) is 4.66. The number of halogens is 1. The number of nitrogens with one attached hydrogen (secondary N) is 1. The van der Waals surface area contributed by atoms with E-state index in [2.05, 4.69) is 15.5 Å². The van der Waals surface area contributed by atoms with Crippen molar-refractivity contribution in [1.29, 1.82) is 0 Å². The Morgan fingerprint density at radius 2 is 2.24 bits per heavy atom. The number of carbonyl (C=O) groups excluding carboxylic acids is 1. The number of hydrogen-bond donors (Lipinski definition) is 1. The van der Waals surface area contributed by atoms with Crippen LogP contribution in [-0.4, -0.2) is 62.0 Å². The van der Waals surface area contributed by atoms with Crippen LogP contribution in [0.1, 0.15) is 5.56 Å². The van der Waals surface area contributed by atoms with E-state index in [0.29, 0.717) is 36.2 Å². The fraction of sp³-hybridized carbons (Fsp3) is 0.353. The van der Waals surface area contributed by atoms with Crippen molar-refractivity contribution in [2.75, 3.05) is 40.0 Å². The lowest BCUT2D eigenvalue weighted by molar-refractivity contribution is -0.123. The molecule has 0 radical (unpaired) electrons. The Kier molecular flexibility index (Phi) is 5.80. The highest BCUT2D eigenvalue weighted by atomic mass is 35.5. The molecule has 0 spiro atoms. The van der Waals surface area contributed by atoms with Crippen LogP contribution in [0.15, 0.2) is 29.4 Å². The molecule has 1 fully saturated rings. The molecule has 0 saturated carbocycles. The number of aromatic nitrogens is 1.